The molecule has 10 heteroatoms. The molecule has 0 saturated carbocycles. The first-order valence-corrected chi connectivity index (χ1v) is 11.8. The molecule has 3 heterocycles. The van der Waals surface area contributed by atoms with Gasteiger partial charge < -0.3 is 9.64 Å². The second-order valence-corrected chi connectivity index (χ2v) is 9.13. The number of rotatable bonds is 5. The number of amides is 1. The number of nitrogens with zero attached hydrogens (tertiary/aromatic N) is 3. The van der Waals surface area contributed by atoms with E-state index in [-0.39, 0.29) is 18.4 Å². The summed E-state index contributed by atoms with van der Waals surface area (Å²) in [4.78, 5) is 38.6. The number of ether oxygens (including phenoxy) is 1. The summed E-state index contributed by atoms with van der Waals surface area (Å²) in [5, 5.41) is 2.58. The number of aliphatic imine (C=N–C) groups is 1. The van der Waals surface area contributed by atoms with E-state index in [1.807, 2.05) is 10.3 Å². The predicted molar refractivity (Wildman–Crippen MR) is 122 cm³/mol. The molecule has 0 spiro atoms. The van der Waals surface area contributed by atoms with Crippen molar-refractivity contribution >= 4 is 51.2 Å². The number of allylic oxidation sites excluding steroid dienone is 1. The highest BCUT2D eigenvalue weighted by molar-refractivity contribution is 9.10. The molecule has 0 bridgehead atoms. The van der Waals surface area contributed by atoms with Gasteiger partial charge in [0, 0.05) is 34.7 Å². The highest BCUT2D eigenvalue weighted by Crippen LogP contribution is 2.43. The van der Waals surface area contributed by atoms with Gasteiger partial charge in [-0.1, -0.05) is 22.0 Å². The average Bonchev–Trinajstić information content (AvgIpc) is 3.41. The number of hydrogen-bond donors (Lipinski definition) is 1. The van der Waals surface area contributed by atoms with Crippen LogP contribution in [-0.4, -0.2) is 47.0 Å². The van der Waals surface area contributed by atoms with Crippen molar-refractivity contribution in [2.24, 2.45) is 10.9 Å². The average molecular weight is 520 g/mol. The van der Waals surface area contributed by atoms with Crippen molar-refractivity contribution in [2.75, 3.05) is 13.2 Å². The van der Waals surface area contributed by atoms with Gasteiger partial charge in [-0.3, -0.25) is 4.99 Å². The molecule has 2 aromatic rings. The molecule has 1 amide bonds. The number of fused-ring (bicyclic) bond motifs is 1. The van der Waals surface area contributed by atoms with Gasteiger partial charge in [0.05, 0.1) is 25.0 Å². The van der Waals surface area contributed by atoms with E-state index in [1.54, 1.807) is 25.4 Å². The van der Waals surface area contributed by atoms with E-state index in [0.29, 0.717) is 39.4 Å². The van der Waals surface area contributed by atoms with E-state index in [4.69, 9.17) is 9.73 Å². The fourth-order valence-electron chi connectivity index (χ4n) is 3.89. The third-order valence-corrected chi connectivity index (χ3v) is 6.64. The Balaban J connectivity index is 1.88. The molecule has 1 aromatic carbocycles. The van der Waals surface area contributed by atoms with Crippen LogP contribution in [-0.2, 0) is 14.3 Å². The summed E-state index contributed by atoms with van der Waals surface area (Å²) < 4.78 is 19.7. The van der Waals surface area contributed by atoms with Crippen LogP contribution in [0, 0.1) is 11.7 Å². The van der Waals surface area contributed by atoms with Crippen LogP contribution in [0.1, 0.15) is 36.9 Å². The lowest BCUT2D eigenvalue weighted by molar-refractivity contribution is -0.372. The van der Waals surface area contributed by atoms with Crippen molar-refractivity contribution in [2.45, 2.75) is 26.3 Å². The van der Waals surface area contributed by atoms with Gasteiger partial charge in [-0.05, 0) is 24.6 Å². The molecule has 7 nitrogen and oxygen atoms in total. The molecule has 2 aliphatic rings. The van der Waals surface area contributed by atoms with E-state index in [9.17, 15) is 14.0 Å². The molecule has 1 unspecified atom stereocenters. The number of nitrogens with one attached hydrogen (secondary N) is 1. The third kappa shape index (κ3) is 4.42. The Morgan fingerprint density at radius 2 is 2.25 bits per heavy atom. The van der Waals surface area contributed by atoms with Crippen molar-refractivity contribution in [3.63, 3.8) is 0 Å². The van der Waals surface area contributed by atoms with Gasteiger partial charge in [-0.25, -0.2) is 19.0 Å². The van der Waals surface area contributed by atoms with Crippen LogP contribution in [0.3, 0.4) is 0 Å². The molecule has 1 N–H and O–H groups in total. The lowest BCUT2D eigenvalue weighted by Crippen LogP contribution is -2.73. The van der Waals surface area contributed by atoms with Crippen molar-refractivity contribution in [1.82, 2.24) is 9.88 Å². The summed E-state index contributed by atoms with van der Waals surface area (Å²) in [6.07, 6.45) is 3.97. The highest BCUT2D eigenvalue weighted by Gasteiger charge is 2.42. The van der Waals surface area contributed by atoms with Gasteiger partial charge in [0.25, 0.3) is 0 Å². The molecular formula is C22H21BrFN4O3S+. The van der Waals surface area contributed by atoms with Gasteiger partial charge in [0.15, 0.2) is 17.1 Å². The van der Waals surface area contributed by atoms with Gasteiger partial charge >= 0.3 is 11.9 Å². The Bertz CT molecular complexity index is 1150. The first kappa shape index (κ1) is 22.5. The first-order valence-electron chi connectivity index (χ1n) is 10.1. The zero-order valence-corrected chi connectivity index (χ0v) is 19.9. The molecule has 0 aliphatic carbocycles. The predicted octanol–water partition coefficient (Wildman–Crippen LogP) is 2.38. The molecule has 1 saturated heterocycles. The fraction of sp³-hybridized carbons (Fsp3) is 0.318. The number of hydrogen-bond acceptors (Lipinski definition) is 7. The molecule has 2 atom stereocenters. The molecule has 2 aliphatic heterocycles. The molecule has 4 rings (SSSR count). The van der Waals surface area contributed by atoms with E-state index < -0.39 is 17.8 Å². The van der Waals surface area contributed by atoms with Gasteiger partial charge in [-0.2, -0.15) is 4.99 Å². The molecular weight excluding hydrogens is 499 g/mol. The maximum absolute atomic E-state index is 13.8. The Kier molecular flexibility index (Phi) is 6.61. The quantitative estimate of drug-likeness (QED) is 0.484. The number of benzene rings is 1. The minimum absolute atomic E-state index is 0.0288. The maximum atomic E-state index is 13.8. The minimum atomic E-state index is -0.686. The Hall–Kier alpha value is -2.72. The summed E-state index contributed by atoms with van der Waals surface area (Å²) >= 11 is 4.88. The van der Waals surface area contributed by atoms with Crippen molar-refractivity contribution in [1.29, 1.82) is 0 Å². The lowest BCUT2D eigenvalue weighted by Gasteiger charge is -2.31. The molecule has 32 heavy (non-hydrogen) atoms. The van der Waals surface area contributed by atoms with Crippen LogP contribution < -0.4 is 4.99 Å². The van der Waals surface area contributed by atoms with Crippen molar-refractivity contribution in [3.8, 4) is 0 Å². The number of carbonyl (C=O) groups is 2. The van der Waals surface area contributed by atoms with Crippen LogP contribution in [0.25, 0.3) is 0 Å². The number of thiazole rings is 1. The Morgan fingerprint density at radius 1 is 1.44 bits per heavy atom. The topological polar surface area (TPSA) is 85.8 Å². The van der Waals surface area contributed by atoms with Crippen molar-refractivity contribution < 1.29 is 23.7 Å². The second kappa shape index (κ2) is 9.41. The standard InChI is InChI=1S/C22H20BrFN4O3S/c1-3-31-22(30)18-17-8-13(10-26-12(2)29)11-28(17)20(21-25-6-7-32-21)27-19(18)15-5-4-14(24)9-16(15)23/h4-7,9-10,13,19H,3,8,11H2,1-2H3/p+1/t13?,19-/m0/s1. The van der Waals surface area contributed by atoms with Crippen LogP contribution in [0.5, 0.6) is 0 Å². The second-order valence-electron chi connectivity index (χ2n) is 7.38. The van der Waals surface area contributed by atoms with Crippen LogP contribution in [0.15, 0.2) is 50.5 Å². The third-order valence-electron chi connectivity index (χ3n) is 5.19. The number of carbonyl (C=O) groups excluding carboxylic acids is 2. The molecule has 166 valence electrons. The maximum Gasteiger partial charge on any atom is 0.381 e. The van der Waals surface area contributed by atoms with Gasteiger partial charge in [0.2, 0.25) is 0 Å². The fourth-order valence-corrected chi connectivity index (χ4v) is 5.10. The normalized spacial score (nSPS) is 20.5. The first-order chi connectivity index (χ1) is 15.4. The molecule has 1 aromatic heterocycles. The van der Waals surface area contributed by atoms with E-state index in [0.717, 1.165) is 5.70 Å². The summed E-state index contributed by atoms with van der Waals surface area (Å²) in [5.74, 6) is -0.396. The Morgan fingerprint density at radius 3 is 2.91 bits per heavy atom. The zero-order valence-electron chi connectivity index (χ0n) is 17.5. The monoisotopic (exact) mass is 519 g/mol. The van der Waals surface area contributed by atoms with Gasteiger partial charge in [0.1, 0.15) is 11.9 Å². The van der Waals surface area contributed by atoms with E-state index >= 15 is 0 Å². The largest absolute Gasteiger partial charge is 0.463 e. The van der Waals surface area contributed by atoms with Gasteiger partial charge in [-0.15, -0.1) is 11.3 Å². The number of aromatic nitrogens is 1. The van der Waals surface area contributed by atoms with Crippen molar-refractivity contribution in [3.05, 3.63) is 61.9 Å². The SMILES string of the molecule is CCOC(=O)C1=C2CC(C=[NH+]C(C)=O)CN2C(c2nccs2)=N[C@H]1c1ccc(F)cc1Br. The number of esters is 1. The zero-order chi connectivity index (χ0) is 22.8. The summed E-state index contributed by atoms with van der Waals surface area (Å²) in [5.41, 5.74) is 1.85. The number of halogens is 2. The molecule has 0 radical (unpaired) electrons. The smallest absolute Gasteiger partial charge is 0.381 e. The van der Waals surface area contributed by atoms with Crippen LogP contribution >= 0.6 is 27.3 Å². The highest BCUT2D eigenvalue weighted by atomic mass is 79.9. The summed E-state index contributed by atoms with van der Waals surface area (Å²) in [6, 6.07) is 3.64. The lowest BCUT2D eigenvalue weighted by atomic mass is 9.94. The van der Waals surface area contributed by atoms with E-state index in [1.165, 1.54) is 30.4 Å². The summed E-state index contributed by atoms with van der Waals surface area (Å²) in [7, 11) is 0. The summed E-state index contributed by atoms with van der Waals surface area (Å²) in [6.45, 7) is 3.96. The molecule has 1 fully saturated rings. The van der Waals surface area contributed by atoms with E-state index in [2.05, 4.69) is 25.9 Å². The van der Waals surface area contributed by atoms with Crippen LogP contribution in [0.2, 0.25) is 0 Å². The number of amidine groups is 1. The minimum Gasteiger partial charge on any atom is -0.463 e. The van der Waals surface area contributed by atoms with Crippen LogP contribution in [0.4, 0.5) is 4.39 Å². The Labute approximate surface area is 196 Å².